The predicted molar refractivity (Wildman–Crippen MR) is 135 cm³/mol. The van der Waals surface area contributed by atoms with E-state index >= 15 is 0 Å². The van der Waals surface area contributed by atoms with Crippen LogP contribution in [0.2, 0.25) is 0 Å². The van der Waals surface area contributed by atoms with Gasteiger partial charge in [-0.2, -0.15) is 0 Å². The number of aromatic nitrogens is 2. The van der Waals surface area contributed by atoms with Gasteiger partial charge in [0, 0.05) is 23.0 Å². The number of aromatic amines is 1. The fraction of sp³-hybridized carbons (Fsp3) is 0.115. The van der Waals surface area contributed by atoms with Crippen molar-refractivity contribution in [3.05, 3.63) is 99.9 Å². The van der Waals surface area contributed by atoms with E-state index < -0.39 is 5.91 Å². The summed E-state index contributed by atoms with van der Waals surface area (Å²) in [6, 6.07) is 21.9. The number of hydrogen-bond donors (Lipinski definition) is 3. The third-order valence-corrected chi connectivity index (χ3v) is 5.64. The van der Waals surface area contributed by atoms with Crippen molar-refractivity contribution < 1.29 is 14.3 Å². The van der Waals surface area contributed by atoms with E-state index in [0.29, 0.717) is 24.3 Å². The number of halogens is 1. The number of imidazole rings is 1. The monoisotopic (exact) mass is 518 g/mol. The fourth-order valence-corrected chi connectivity index (χ4v) is 3.60. The highest BCUT2D eigenvalue weighted by Crippen LogP contribution is 2.15. The molecule has 34 heavy (non-hydrogen) atoms. The van der Waals surface area contributed by atoms with Gasteiger partial charge >= 0.3 is 0 Å². The van der Waals surface area contributed by atoms with Crippen LogP contribution in [0.1, 0.15) is 21.7 Å². The highest BCUT2D eigenvalue weighted by Gasteiger charge is 2.15. The average Bonchev–Trinajstić information content (AvgIpc) is 3.27. The Hall–Kier alpha value is -3.91. The largest absolute Gasteiger partial charge is 0.497 e. The van der Waals surface area contributed by atoms with Crippen molar-refractivity contribution in [2.24, 2.45) is 0 Å². The highest BCUT2D eigenvalue weighted by atomic mass is 79.9. The second-order valence-electron chi connectivity index (χ2n) is 7.50. The van der Waals surface area contributed by atoms with Gasteiger partial charge in [-0.25, -0.2) is 4.98 Å². The molecule has 0 bridgehead atoms. The number of para-hydroxylation sites is 2. The van der Waals surface area contributed by atoms with Gasteiger partial charge in [-0.1, -0.05) is 40.2 Å². The van der Waals surface area contributed by atoms with Crippen LogP contribution in [0.4, 0.5) is 0 Å². The van der Waals surface area contributed by atoms with E-state index in [1.54, 1.807) is 49.6 Å². The molecular formula is C26H23BrN4O3. The van der Waals surface area contributed by atoms with Crippen LogP contribution in [0.15, 0.2) is 83.0 Å². The third kappa shape index (κ3) is 5.90. The van der Waals surface area contributed by atoms with E-state index in [-0.39, 0.29) is 11.6 Å². The van der Waals surface area contributed by atoms with Crippen molar-refractivity contribution in [1.82, 2.24) is 20.6 Å². The van der Waals surface area contributed by atoms with Crippen molar-refractivity contribution in [3.63, 3.8) is 0 Å². The number of H-pyrrole nitrogens is 1. The summed E-state index contributed by atoms with van der Waals surface area (Å²) >= 11 is 3.36. The van der Waals surface area contributed by atoms with Crippen LogP contribution < -0.4 is 15.4 Å². The predicted octanol–water partition coefficient (Wildman–Crippen LogP) is 4.46. The van der Waals surface area contributed by atoms with Crippen LogP contribution in [-0.2, 0) is 11.2 Å². The summed E-state index contributed by atoms with van der Waals surface area (Å²) in [5, 5.41) is 5.61. The molecule has 0 aliphatic rings. The van der Waals surface area contributed by atoms with Gasteiger partial charge in [0.15, 0.2) is 0 Å². The molecule has 2 amide bonds. The third-order valence-electron chi connectivity index (χ3n) is 5.11. The van der Waals surface area contributed by atoms with Gasteiger partial charge < -0.3 is 20.4 Å². The second kappa shape index (κ2) is 10.8. The molecule has 8 heteroatoms. The first-order valence-electron chi connectivity index (χ1n) is 10.7. The van der Waals surface area contributed by atoms with Gasteiger partial charge in [-0.05, 0) is 60.2 Å². The molecular weight excluding hydrogens is 496 g/mol. The summed E-state index contributed by atoms with van der Waals surface area (Å²) in [5.41, 5.74) is 3.16. The molecule has 1 heterocycles. The van der Waals surface area contributed by atoms with Crippen LogP contribution in [0.3, 0.4) is 0 Å². The van der Waals surface area contributed by atoms with Crippen LogP contribution in [0.5, 0.6) is 5.75 Å². The Morgan fingerprint density at radius 1 is 1.03 bits per heavy atom. The Kier molecular flexibility index (Phi) is 7.39. The van der Waals surface area contributed by atoms with E-state index in [1.165, 1.54) is 0 Å². The van der Waals surface area contributed by atoms with Crippen molar-refractivity contribution in [1.29, 1.82) is 0 Å². The van der Waals surface area contributed by atoms with Gasteiger partial charge in [-0.15, -0.1) is 0 Å². The summed E-state index contributed by atoms with van der Waals surface area (Å²) in [4.78, 5) is 33.5. The highest BCUT2D eigenvalue weighted by molar-refractivity contribution is 9.10. The summed E-state index contributed by atoms with van der Waals surface area (Å²) in [6.45, 7) is 0.354. The van der Waals surface area contributed by atoms with E-state index in [1.807, 2.05) is 36.4 Å². The lowest BCUT2D eigenvalue weighted by molar-refractivity contribution is -0.117. The summed E-state index contributed by atoms with van der Waals surface area (Å²) in [6.07, 6.45) is 2.16. The number of rotatable bonds is 8. The molecule has 7 nitrogen and oxygen atoms in total. The van der Waals surface area contributed by atoms with Crippen molar-refractivity contribution >= 4 is 44.9 Å². The zero-order valence-corrected chi connectivity index (χ0v) is 20.1. The molecule has 0 saturated heterocycles. The van der Waals surface area contributed by atoms with E-state index in [4.69, 9.17) is 4.74 Å². The maximum absolute atomic E-state index is 13.0. The smallest absolute Gasteiger partial charge is 0.267 e. The van der Waals surface area contributed by atoms with Crippen LogP contribution >= 0.6 is 15.9 Å². The van der Waals surface area contributed by atoms with Gasteiger partial charge in [0.05, 0.1) is 18.1 Å². The molecule has 0 atom stereocenters. The van der Waals surface area contributed by atoms with E-state index in [0.717, 1.165) is 26.9 Å². The zero-order chi connectivity index (χ0) is 23.9. The SMILES string of the molecule is COc1ccc(C=C(NC(=O)c2ccc(Br)cc2)C(=O)NCCc2nc3ccccc3[nH]2)cc1. The molecule has 1 aromatic heterocycles. The van der Waals surface area contributed by atoms with Crippen molar-refractivity contribution in [2.75, 3.05) is 13.7 Å². The Morgan fingerprint density at radius 2 is 1.76 bits per heavy atom. The normalized spacial score (nSPS) is 11.3. The first-order chi connectivity index (χ1) is 16.5. The number of fused-ring (bicyclic) bond motifs is 1. The molecule has 0 aliphatic heterocycles. The van der Waals surface area contributed by atoms with Gasteiger partial charge in [-0.3, -0.25) is 9.59 Å². The molecule has 0 aliphatic carbocycles. The maximum atomic E-state index is 13.0. The maximum Gasteiger partial charge on any atom is 0.267 e. The van der Waals surface area contributed by atoms with Crippen LogP contribution in [-0.4, -0.2) is 35.4 Å². The van der Waals surface area contributed by atoms with Crippen LogP contribution in [0.25, 0.3) is 17.1 Å². The molecule has 3 N–H and O–H groups in total. The van der Waals surface area contributed by atoms with Crippen LogP contribution in [0, 0.1) is 0 Å². The lowest BCUT2D eigenvalue weighted by atomic mass is 10.1. The molecule has 0 unspecified atom stereocenters. The number of hydrogen-bond acceptors (Lipinski definition) is 4. The molecule has 3 aromatic carbocycles. The lowest BCUT2D eigenvalue weighted by Gasteiger charge is -2.11. The number of nitrogens with one attached hydrogen (secondary N) is 3. The number of carbonyl (C=O) groups excluding carboxylic acids is 2. The number of amides is 2. The standard InChI is InChI=1S/C26H23BrN4O3/c1-34-20-12-6-17(7-13-20)16-23(31-25(32)18-8-10-19(27)11-9-18)26(33)28-15-14-24-29-21-4-2-3-5-22(21)30-24/h2-13,16H,14-15H2,1H3,(H,28,33)(H,29,30)(H,31,32). The van der Waals surface area contributed by atoms with E-state index in [9.17, 15) is 9.59 Å². The molecule has 0 fully saturated rings. The Labute approximate surface area is 205 Å². The molecule has 0 radical (unpaired) electrons. The molecule has 172 valence electrons. The van der Waals surface area contributed by atoms with Gasteiger partial charge in [0.1, 0.15) is 17.3 Å². The zero-order valence-electron chi connectivity index (χ0n) is 18.5. The topological polar surface area (TPSA) is 96.1 Å². The average molecular weight is 519 g/mol. The van der Waals surface area contributed by atoms with Crippen molar-refractivity contribution in [3.8, 4) is 5.75 Å². The number of methoxy groups -OCH3 is 1. The summed E-state index contributed by atoms with van der Waals surface area (Å²) in [5.74, 6) is 0.714. The minimum Gasteiger partial charge on any atom is -0.497 e. The minimum atomic E-state index is -0.391. The first kappa shape index (κ1) is 23.3. The first-order valence-corrected chi connectivity index (χ1v) is 11.5. The number of ether oxygens (including phenoxy) is 1. The number of carbonyl (C=O) groups is 2. The molecule has 4 aromatic rings. The molecule has 0 spiro atoms. The lowest BCUT2D eigenvalue weighted by Crippen LogP contribution is -2.35. The fourth-order valence-electron chi connectivity index (χ4n) is 3.33. The Morgan fingerprint density at radius 3 is 2.47 bits per heavy atom. The minimum absolute atomic E-state index is 0.141. The Bertz CT molecular complexity index is 1300. The number of nitrogens with zero attached hydrogens (tertiary/aromatic N) is 1. The molecule has 4 rings (SSSR count). The Balaban J connectivity index is 1.48. The molecule has 0 saturated carbocycles. The quantitative estimate of drug-likeness (QED) is 0.300. The second-order valence-corrected chi connectivity index (χ2v) is 8.41. The van der Waals surface area contributed by atoms with E-state index in [2.05, 4.69) is 36.5 Å². The summed E-state index contributed by atoms with van der Waals surface area (Å²) < 4.78 is 6.05. The van der Waals surface area contributed by atoms with Gasteiger partial charge in [0.25, 0.3) is 11.8 Å². The number of benzene rings is 3. The van der Waals surface area contributed by atoms with Gasteiger partial charge in [0.2, 0.25) is 0 Å². The van der Waals surface area contributed by atoms with Crippen molar-refractivity contribution in [2.45, 2.75) is 6.42 Å². The summed E-state index contributed by atoms with van der Waals surface area (Å²) in [7, 11) is 1.59.